The van der Waals surface area contributed by atoms with Gasteiger partial charge in [-0.1, -0.05) is 24.3 Å². The van der Waals surface area contributed by atoms with Crippen LogP contribution in [0.4, 0.5) is 4.39 Å². The van der Waals surface area contributed by atoms with Crippen LogP contribution in [0.5, 0.6) is 0 Å². The highest BCUT2D eigenvalue weighted by Crippen LogP contribution is 2.24. The molecule has 2 amide bonds. The summed E-state index contributed by atoms with van der Waals surface area (Å²) in [5, 5.41) is 3.14. The molecule has 1 aromatic heterocycles. The van der Waals surface area contributed by atoms with Crippen LogP contribution < -0.4 is 10.9 Å². The van der Waals surface area contributed by atoms with Gasteiger partial charge >= 0.3 is 0 Å². The van der Waals surface area contributed by atoms with E-state index in [9.17, 15) is 18.8 Å². The molecule has 0 radical (unpaired) electrons. The molecule has 0 bridgehead atoms. The predicted octanol–water partition coefficient (Wildman–Crippen LogP) is 1.24. The monoisotopic (exact) mass is 380 g/mol. The molecule has 1 fully saturated rings. The first-order valence-corrected chi connectivity index (χ1v) is 8.81. The maximum Gasteiger partial charge on any atom is 0.261 e. The van der Waals surface area contributed by atoms with E-state index in [4.69, 9.17) is 0 Å². The lowest BCUT2D eigenvalue weighted by Crippen LogP contribution is -2.53. The van der Waals surface area contributed by atoms with Crippen molar-refractivity contribution in [1.82, 2.24) is 19.8 Å². The highest BCUT2D eigenvalue weighted by Gasteiger charge is 2.34. The lowest BCUT2D eigenvalue weighted by molar-refractivity contribution is -0.144. The maximum atomic E-state index is 13.2. The minimum absolute atomic E-state index is 0.234. The van der Waals surface area contributed by atoms with E-state index in [1.807, 2.05) is 0 Å². The molecular formula is C20H17FN4O3. The Hall–Kier alpha value is -3.55. The fourth-order valence-electron chi connectivity index (χ4n) is 3.37. The molecule has 28 heavy (non-hydrogen) atoms. The van der Waals surface area contributed by atoms with E-state index in [2.05, 4.69) is 10.3 Å². The van der Waals surface area contributed by atoms with Gasteiger partial charge in [0.05, 0.1) is 17.2 Å². The normalized spacial score (nSPS) is 16.8. The van der Waals surface area contributed by atoms with Crippen LogP contribution in [0.25, 0.3) is 10.9 Å². The van der Waals surface area contributed by atoms with Crippen LogP contribution in [-0.4, -0.2) is 39.4 Å². The van der Waals surface area contributed by atoms with Crippen molar-refractivity contribution in [3.63, 3.8) is 0 Å². The average Bonchev–Trinajstić information content (AvgIpc) is 2.71. The first-order valence-electron chi connectivity index (χ1n) is 8.81. The second-order valence-electron chi connectivity index (χ2n) is 6.53. The summed E-state index contributed by atoms with van der Waals surface area (Å²) in [6.07, 6.45) is 1.33. The van der Waals surface area contributed by atoms with Crippen LogP contribution in [-0.2, 0) is 16.1 Å². The smallest absolute Gasteiger partial charge is 0.261 e. The minimum Gasteiger partial charge on any atom is -0.352 e. The molecule has 8 heteroatoms. The summed E-state index contributed by atoms with van der Waals surface area (Å²) in [5.74, 6) is -1.15. The molecule has 1 atom stereocenters. The van der Waals surface area contributed by atoms with E-state index >= 15 is 0 Å². The second kappa shape index (κ2) is 7.22. The van der Waals surface area contributed by atoms with Crippen molar-refractivity contribution in [1.29, 1.82) is 0 Å². The lowest BCUT2D eigenvalue weighted by atomic mass is 10.0. The van der Waals surface area contributed by atoms with Crippen molar-refractivity contribution < 1.29 is 14.0 Å². The molecule has 0 spiro atoms. The Bertz CT molecular complexity index is 1110. The second-order valence-corrected chi connectivity index (χ2v) is 6.53. The van der Waals surface area contributed by atoms with Crippen LogP contribution in [0.1, 0.15) is 11.6 Å². The predicted molar refractivity (Wildman–Crippen MR) is 99.9 cm³/mol. The van der Waals surface area contributed by atoms with E-state index in [0.29, 0.717) is 29.6 Å². The number of fused-ring (bicyclic) bond motifs is 1. The standard InChI is InChI=1S/C20H17FN4O3/c21-14-7-5-13(6-8-14)18-19(27)22-9-10-25(18)17(26)11-24-12-23-16-4-2-1-3-15(16)20(24)28/h1-8,12,18H,9-11H2,(H,22,27). The van der Waals surface area contributed by atoms with Crippen LogP contribution in [0.3, 0.4) is 0 Å². The topological polar surface area (TPSA) is 84.3 Å². The van der Waals surface area contributed by atoms with E-state index < -0.39 is 11.9 Å². The van der Waals surface area contributed by atoms with Crippen molar-refractivity contribution in [3.05, 3.63) is 76.6 Å². The summed E-state index contributed by atoms with van der Waals surface area (Å²) in [6, 6.07) is 11.5. The van der Waals surface area contributed by atoms with Gasteiger partial charge in [-0.15, -0.1) is 0 Å². The Kier molecular flexibility index (Phi) is 4.60. The Morgan fingerprint density at radius 2 is 1.89 bits per heavy atom. The first-order chi connectivity index (χ1) is 13.5. The van der Waals surface area contributed by atoms with E-state index in [-0.39, 0.29) is 23.9 Å². The number of para-hydroxylation sites is 1. The Labute approximate surface area is 159 Å². The molecule has 0 saturated carbocycles. The van der Waals surface area contributed by atoms with Crippen molar-refractivity contribution in [2.45, 2.75) is 12.6 Å². The summed E-state index contributed by atoms with van der Waals surface area (Å²) in [5.41, 5.74) is 0.743. The molecular weight excluding hydrogens is 363 g/mol. The molecule has 4 rings (SSSR count). The van der Waals surface area contributed by atoms with Gasteiger partial charge in [-0.2, -0.15) is 0 Å². The number of carbonyl (C=O) groups is 2. The van der Waals surface area contributed by atoms with Crippen LogP contribution in [0.15, 0.2) is 59.7 Å². The van der Waals surface area contributed by atoms with Crippen molar-refractivity contribution >= 4 is 22.7 Å². The van der Waals surface area contributed by atoms with Crippen LogP contribution in [0, 0.1) is 5.82 Å². The summed E-state index contributed by atoms with van der Waals surface area (Å²) >= 11 is 0. The van der Waals surface area contributed by atoms with Crippen LogP contribution in [0.2, 0.25) is 0 Å². The molecule has 1 N–H and O–H groups in total. The number of hydrogen-bond donors (Lipinski definition) is 1. The Morgan fingerprint density at radius 1 is 1.14 bits per heavy atom. The fraction of sp³-hybridized carbons (Fsp3) is 0.200. The molecule has 1 unspecified atom stereocenters. The third-order valence-electron chi connectivity index (χ3n) is 4.76. The summed E-state index contributed by atoms with van der Waals surface area (Å²) in [7, 11) is 0. The van der Waals surface area contributed by atoms with Gasteiger partial charge in [-0.25, -0.2) is 9.37 Å². The lowest BCUT2D eigenvalue weighted by Gasteiger charge is -2.35. The van der Waals surface area contributed by atoms with Gasteiger partial charge in [0, 0.05) is 13.1 Å². The van der Waals surface area contributed by atoms with Gasteiger partial charge < -0.3 is 10.2 Å². The molecule has 3 aromatic rings. The molecule has 2 aromatic carbocycles. The third-order valence-corrected chi connectivity index (χ3v) is 4.76. The Morgan fingerprint density at radius 3 is 2.68 bits per heavy atom. The molecule has 7 nitrogen and oxygen atoms in total. The maximum absolute atomic E-state index is 13.2. The number of hydrogen-bond acceptors (Lipinski definition) is 4. The van der Waals surface area contributed by atoms with Gasteiger partial charge in [0.15, 0.2) is 0 Å². The molecule has 0 aliphatic carbocycles. The molecule has 1 saturated heterocycles. The van der Waals surface area contributed by atoms with E-state index in [0.717, 1.165) is 0 Å². The van der Waals surface area contributed by atoms with E-state index in [1.54, 1.807) is 24.3 Å². The number of benzene rings is 2. The number of carbonyl (C=O) groups excluding carboxylic acids is 2. The number of nitrogens with zero attached hydrogens (tertiary/aromatic N) is 3. The zero-order valence-corrected chi connectivity index (χ0v) is 14.8. The van der Waals surface area contributed by atoms with Crippen LogP contribution >= 0.6 is 0 Å². The third kappa shape index (κ3) is 3.24. The van der Waals surface area contributed by atoms with Gasteiger partial charge in [0.25, 0.3) is 5.56 Å². The summed E-state index contributed by atoms with van der Waals surface area (Å²) in [6.45, 7) is 0.372. The molecule has 142 valence electrons. The fourth-order valence-corrected chi connectivity index (χ4v) is 3.37. The zero-order chi connectivity index (χ0) is 19.7. The number of piperazine rings is 1. The average molecular weight is 380 g/mol. The van der Waals surface area contributed by atoms with Crippen molar-refractivity contribution in [2.75, 3.05) is 13.1 Å². The number of halogens is 1. The Balaban J connectivity index is 1.64. The summed E-state index contributed by atoms with van der Waals surface area (Å²) in [4.78, 5) is 43.6. The van der Waals surface area contributed by atoms with Gasteiger partial charge in [0.2, 0.25) is 11.8 Å². The highest BCUT2D eigenvalue weighted by molar-refractivity contribution is 5.90. The first kappa shape index (κ1) is 17.8. The number of aromatic nitrogens is 2. The quantitative estimate of drug-likeness (QED) is 0.741. The molecule has 1 aliphatic rings. The number of amides is 2. The van der Waals surface area contributed by atoms with Crippen molar-refractivity contribution in [2.24, 2.45) is 0 Å². The number of rotatable bonds is 3. The highest BCUT2D eigenvalue weighted by atomic mass is 19.1. The van der Waals surface area contributed by atoms with Gasteiger partial charge in [0.1, 0.15) is 18.4 Å². The SMILES string of the molecule is O=C1NCCN(C(=O)Cn2cnc3ccccc3c2=O)C1c1ccc(F)cc1. The van der Waals surface area contributed by atoms with E-state index in [1.165, 1.54) is 40.1 Å². The number of nitrogens with one attached hydrogen (secondary N) is 1. The van der Waals surface area contributed by atoms with Crippen molar-refractivity contribution in [3.8, 4) is 0 Å². The van der Waals surface area contributed by atoms with Gasteiger partial charge in [-0.05, 0) is 29.8 Å². The summed E-state index contributed by atoms with van der Waals surface area (Å²) < 4.78 is 14.5. The molecule has 2 heterocycles. The molecule has 1 aliphatic heterocycles. The van der Waals surface area contributed by atoms with Gasteiger partial charge in [-0.3, -0.25) is 19.0 Å². The largest absolute Gasteiger partial charge is 0.352 e. The minimum atomic E-state index is -0.869. The zero-order valence-electron chi connectivity index (χ0n) is 14.8.